The molecule has 7 nitrogen and oxygen atoms in total. The second kappa shape index (κ2) is 10.2. The topological polar surface area (TPSA) is 102 Å². The van der Waals surface area contributed by atoms with E-state index in [1.54, 1.807) is 13.8 Å². The predicted molar refractivity (Wildman–Crippen MR) is 90.1 cm³/mol. The van der Waals surface area contributed by atoms with Gasteiger partial charge in [0.2, 0.25) is 5.91 Å². The number of amides is 1. The standard InChI is InChI=1S/C16H24NO6P/c1-3-22-24(21,23-4-2)14(12-13-8-6-5-7-9-13)16(20)17-11-10-15(18)19/h5-9,14H,3-4,10-12H2,1-2H3,(H,17,20)(H,18,19). The van der Waals surface area contributed by atoms with Gasteiger partial charge in [-0.25, -0.2) is 0 Å². The van der Waals surface area contributed by atoms with E-state index in [-0.39, 0.29) is 32.6 Å². The normalized spacial score (nSPS) is 12.6. The number of rotatable bonds is 11. The number of benzene rings is 1. The quantitative estimate of drug-likeness (QED) is 0.590. The zero-order valence-electron chi connectivity index (χ0n) is 13.9. The van der Waals surface area contributed by atoms with Gasteiger partial charge in [-0.05, 0) is 25.8 Å². The van der Waals surface area contributed by atoms with Crippen LogP contribution < -0.4 is 5.32 Å². The van der Waals surface area contributed by atoms with Crippen LogP contribution in [0.1, 0.15) is 25.8 Å². The molecule has 0 aliphatic carbocycles. The van der Waals surface area contributed by atoms with Crippen LogP contribution in [0.2, 0.25) is 0 Å². The zero-order valence-corrected chi connectivity index (χ0v) is 14.8. The third-order valence-corrected chi connectivity index (χ3v) is 5.63. The Morgan fingerprint density at radius 2 is 1.75 bits per heavy atom. The van der Waals surface area contributed by atoms with Gasteiger partial charge in [0.1, 0.15) is 5.66 Å². The lowest BCUT2D eigenvalue weighted by Crippen LogP contribution is -2.38. The van der Waals surface area contributed by atoms with E-state index in [1.165, 1.54) is 0 Å². The van der Waals surface area contributed by atoms with Crippen molar-refractivity contribution >= 4 is 19.5 Å². The fourth-order valence-electron chi connectivity index (χ4n) is 2.17. The molecule has 8 heteroatoms. The highest BCUT2D eigenvalue weighted by molar-refractivity contribution is 7.55. The van der Waals surface area contributed by atoms with Gasteiger partial charge >= 0.3 is 13.6 Å². The smallest absolute Gasteiger partial charge is 0.343 e. The Labute approximate surface area is 141 Å². The molecule has 2 N–H and O–H groups in total. The summed E-state index contributed by atoms with van der Waals surface area (Å²) in [6.07, 6.45) is -0.0333. The highest BCUT2D eigenvalue weighted by Gasteiger charge is 2.40. The molecule has 0 bridgehead atoms. The van der Waals surface area contributed by atoms with Crippen LogP contribution in [0.3, 0.4) is 0 Å². The van der Waals surface area contributed by atoms with Crippen molar-refractivity contribution in [2.75, 3.05) is 19.8 Å². The number of carbonyl (C=O) groups excluding carboxylic acids is 1. The zero-order chi connectivity index (χ0) is 18.0. The molecule has 134 valence electrons. The van der Waals surface area contributed by atoms with Crippen LogP contribution in [0.4, 0.5) is 0 Å². The molecule has 0 fully saturated rings. The number of aliphatic carboxylic acids is 1. The Morgan fingerprint density at radius 3 is 2.25 bits per heavy atom. The third kappa shape index (κ3) is 6.43. The Bertz CT molecular complexity index is 567. The Balaban J connectivity index is 2.98. The molecule has 1 unspecified atom stereocenters. The van der Waals surface area contributed by atoms with Crippen molar-refractivity contribution in [3.8, 4) is 0 Å². The summed E-state index contributed by atoms with van der Waals surface area (Å²) in [6.45, 7) is 3.59. The van der Waals surface area contributed by atoms with Crippen LogP contribution in [0, 0.1) is 0 Å². The number of hydrogen-bond donors (Lipinski definition) is 2. The minimum Gasteiger partial charge on any atom is -0.481 e. The van der Waals surface area contributed by atoms with Crippen LogP contribution in [-0.2, 0) is 29.6 Å². The van der Waals surface area contributed by atoms with Gasteiger partial charge in [0.05, 0.1) is 19.6 Å². The van der Waals surface area contributed by atoms with E-state index in [2.05, 4.69) is 5.32 Å². The third-order valence-electron chi connectivity index (χ3n) is 3.21. The van der Waals surface area contributed by atoms with E-state index >= 15 is 0 Å². The minimum atomic E-state index is -3.67. The van der Waals surface area contributed by atoms with Gasteiger partial charge in [0.25, 0.3) is 0 Å². The maximum atomic E-state index is 13.0. The monoisotopic (exact) mass is 357 g/mol. The lowest BCUT2D eigenvalue weighted by molar-refractivity contribution is -0.136. The Hall–Kier alpha value is -1.69. The predicted octanol–water partition coefficient (Wildman–Crippen LogP) is 2.45. The van der Waals surface area contributed by atoms with Crippen molar-refractivity contribution in [1.82, 2.24) is 5.32 Å². The fourth-order valence-corrected chi connectivity index (χ4v) is 4.14. The SMILES string of the molecule is CCOP(=O)(OCC)C(Cc1ccccc1)C(=O)NCCC(=O)O. The second-order valence-electron chi connectivity index (χ2n) is 5.02. The molecule has 0 aromatic heterocycles. The fraction of sp³-hybridized carbons (Fsp3) is 0.500. The van der Waals surface area contributed by atoms with Gasteiger partial charge < -0.3 is 19.5 Å². The molecule has 1 aromatic rings. The van der Waals surface area contributed by atoms with Crippen molar-refractivity contribution in [3.05, 3.63) is 35.9 Å². The molecule has 24 heavy (non-hydrogen) atoms. The second-order valence-corrected chi connectivity index (χ2v) is 7.24. The van der Waals surface area contributed by atoms with Gasteiger partial charge in [0.15, 0.2) is 0 Å². The number of nitrogens with one attached hydrogen (secondary N) is 1. The molecule has 0 spiro atoms. The molecule has 1 aromatic carbocycles. The maximum absolute atomic E-state index is 13.0. The van der Waals surface area contributed by atoms with Crippen molar-refractivity contribution in [2.45, 2.75) is 32.3 Å². The van der Waals surface area contributed by atoms with E-state index in [0.29, 0.717) is 0 Å². The molecule has 1 rings (SSSR count). The first-order valence-electron chi connectivity index (χ1n) is 7.85. The van der Waals surface area contributed by atoms with Gasteiger partial charge in [-0.15, -0.1) is 0 Å². The summed E-state index contributed by atoms with van der Waals surface area (Å²) in [5, 5.41) is 11.2. The van der Waals surface area contributed by atoms with Crippen molar-refractivity contribution in [2.24, 2.45) is 0 Å². The van der Waals surface area contributed by atoms with Gasteiger partial charge in [-0.3, -0.25) is 14.2 Å². The Morgan fingerprint density at radius 1 is 1.17 bits per heavy atom. The Kier molecular flexibility index (Phi) is 8.68. The van der Waals surface area contributed by atoms with Crippen LogP contribution in [0.5, 0.6) is 0 Å². The van der Waals surface area contributed by atoms with Gasteiger partial charge in [-0.2, -0.15) is 0 Å². The molecule has 1 amide bonds. The van der Waals surface area contributed by atoms with Gasteiger partial charge in [0, 0.05) is 6.54 Å². The highest BCUT2D eigenvalue weighted by atomic mass is 31.2. The molecule has 1 atom stereocenters. The molecular weight excluding hydrogens is 333 g/mol. The number of carboxylic acid groups (broad SMARTS) is 1. The molecule has 0 saturated heterocycles. The molecule has 0 saturated carbocycles. The average Bonchev–Trinajstić information content (AvgIpc) is 2.53. The van der Waals surface area contributed by atoms with Crippen LogP contribution in [-0.4, -0.2) is 42.4 Å². The van der Waals surface area contributed by atoms with E-state index < -0.39 is 25.1 Å². The first kappa shape index (κ1) is 20.4. The average molecular weight is 357 g/mol. The summed E-state index contributed by atoms with van der Waals surface area (Å²) in [5.74, 6) is -1.56. The number of carbonyl (C=O) groups is 2. The van der Waals surface area contributed by atoms with Crippen LogP contribution in [0.15, 0.2) is 30.3 Å². The first-order chi connectivity index (χ1) is 11.4. The van der Waals surface area contributed by atoms with Gasteiger partial charge in [-0.1, -0.05) is 30.3 Å². The largest absolute Gasteiger partial charge is 0.481 e. The molecule has 0 heterocycles. The van der Waals surface area contributed by atoms with Crippen molar-refractivity contribution in [3.63, 3.8) is 0 Å². The van der Waals surface area contributed by atoms with Crippen molar-refractivity contribution < 1.29 is 28.3 Å². The highest BCUT2D eigenvalue weighted by Crippen LogP contribution is 2.54. The summed E-state index contributed by atoms with van der Waals surface area (Å²) in [4.78, 5) is 23.1. The van der Waals surface area contributed by atoms with Crippen LogP contribution >= 0.6 is 7.60 Å². The van der Waals surface area contributed by atoms with E-state index in [9.17, 15) is 14.2 Å². The minimum absolute atomic E-state index is 0.0439. The molecule has 0 aliphatic rings. The number of hydrogen-bond acceptors (Lipinski definition) is 5. The van der Waals surface area contributed by atoms with E-state index in [0.717, 1.165) is 5.56 Å². The summed E-state index contributed by atoms with van der Waals surface area (Å²) in [7, 11) is -3.67. The first-order valence-corrected chi connectivity index (χ1v) is 9.46. The summed E-state index contributed by atoms with van der Waals surface area (Å²) < 4.78 is 23.7. The van der Waals surface area contributed by atoms with Crippen molar-refractivity contribution in [1.29, 1.82) is 0 Å². The molecule has 0 radical (unpaired) electrons. The maximum Gasteiger partial charge on any atom is 0.343 e. The van der Waals surface area contributed by atoms with E-state index in [1.807, 2.05) is 30.3 Å². The molecule has 0 aliphatic heterocycles. The summed E-state index contributed by atoms with van der Waals surface area (Å²) in [6, 6.07) is 9.12. The summed E-state index contributed by atoms with van der Waals surface area (Å²) in [5.41, 5.74) is -0.218. The number of carboxylic acids is 1. The summed E-state index contributed by atoms with van der Waals surface area (Å²) >= 11 is 0. The van der Waals surface area contributed by atoms with Crippen LogP contribution in [0.25, 0.3) is 0 Å². The molecular formula is C16H24NO6P. The lowest BCUT2D eigenvalue weighted by atomic mass is 10.1. The lowest BCUT2D eigenvalue weighted by Gasteiger charge is -2.25. The van der Waals surface area contributed by atoms with E-state index in [4.69, 9.17) is 14.2 Å².